The van der Waals surface area contributed by atoms with Gasteiger partial charge in [-0.3, -0.25) is 0 Å². The van der Waals surface area contributed by atoms with Gasteiger partial charge in [-0.15, -0.1) is 23.5 Å². The van der Waals surface area contributed by atoms with Crippen molar-refractivity contribution in [3.8, 4) is 0 Å². The Morgan fingerprint density at radius 3 is 0.926 bits per heavy atom. The standard InChI is InChI=1S/C20H26F4O4.C16H22F4O4.C15H20F4O4.C11H14F4O2S2/c1-12(2)16(25)26-11-20(27-9-18(21,22)19(23,24)10-28-20)17-6-13-3-14(7-17)5-15(4-13)8-17;1-11(2)13(21)22-8-14(12-6-4-3-5-7-12)23-9-15(17,18)16(19,20)10-24-14;1-10(2)12(20)21-7-13(11-5-3-4-6-11)22-8-14(16,17)15(18,19)9-23-13;1-7(2)8(16)17-4-9(3)18-5-10(12,13)11(14,15)6-19-9/h13-15H,1,3-11H2,2H3;12H,1,3-10H2,2H3;11H,1,3-9H2,2H3;1,4-6H2,2-3H3. The lowest BCUT2D eigenvalue weighted by atomic mass is 9.47. The summed E-state index contributed by atoms with van der Waals surface area (Å²) >= 11 is 1.35. The van der Waals surface area contributed by atoms with Crippen LogP contribution < -0.4 is 0 Å². The Balaban J connectivity index is 0.000000201. The van der Waals surface area contributed by atoms with E-state index >= 15 is 0 Å². The molecule has 4 aliphatic heterocycles. The van der Waals surface area contributed by atoms with E-state index in [1.54, 1.807) is 0 Å². The lowest BCUT2D eigenvalue weighted by molar-refractivity contribution is -0.341. The normalized spacial score (nSPS) is 30.0. The molecule has 0 unspecified atom stereocenters. The van der Waals surface area contributed by atoms with Crippen LogP contribution in [0.4, 0.5) is 70.2 Å². The molecule has 6 saturated carbocycles. The van der Waals surface area contributed by atoms with Crippen LogP contribution in [0.1, 0.15) is 131 Å². The summed E-state index contributed by atoms with van der Waals surface area (Å²) in [4.78, 5) is 46.4. The zero-order chi connectivity index (χ0) is 70.6. The fraction of sp³-hybridized carbons (Fsp3) is 0.806. The molecule has 10 rings (SSSR count). The average Bonchev–Trinajstić information content (AvgIpc) is 1.02. The van der Waals surface area contributed by atoms with E-state index < -0.39 is 175 Å². The van der Waals surface area contributed by atoms with Crippen LogP contribution in [-0.4, -0.2) is 170 Å². The molecular weight excluding hydrogens is 1340 g/mol. The number of alkyl halides is 16. The first-order valence-electron chi connectivity index (χ1n) is 30.6. The van der Waals surface area contributed by atoms with Crippen molar-refractivity contribution < 1.29 is 137 Å². The summed E-state index contributed by atoms with van der Waals surface area (Å²) in [5, 5.41) is 0. The number of thioether (sulfide) groups is 2. The first-order chi connectivity index (χ1) is 43.2. The molecule has 0 N–H and O–H groups in total. The van der Waals surface area contributed by atoms with E-state index in [-0.39, 0.29) is 34.8 Å². The fourth-order valence-corrected chi connectivity index (χ4v) is 15.3. The van der Waals surface area contributed by atoms with Gasteiger partial charge in [-0.05, 0) is 117 Å². The van der Waals surface area contributed by atoms with Crippen molar-refractivity contribution in [2.75, 3.05) is 77.6 Å². The van der Waals surface area contributed by atoms with Crippen molar-refractivity contribution in [3.05, 3.63) is 48.6 Å². The molecule has 10 aliphatic rings. The highest BCUT2D eigenvalue weighted by atomic mass is 32.2. The largest absolute Gasteiger partial charge is 0.460 e. The van der Waals surface area contributed by atoms with Crippen molar-refractivity contribution >= 4 is 47.4 Å². The molecule has 10 fully saturated rings. The van der Waals surface area contributed by atoms with E-state index in [1.807, 2.05) is 0 Å². The molecule has 4 saturated heterocycles. The maximum absolute atomic E-state index is 14.0. The number of rotatable bonds is 15. The van der Waals surface area contributed by atoms with Crippen molar-refractivity contribution in [3.63, 3.8) is 0 Å². The number of carbonyl (C=O) groups is 4. The van der Waals surface area contributed by atoms with Crippen LogP contribution in [0.25, 0.3) is 0 Å². The third-order valence-electron chi connectivity index (χ3n) is 18.3. The van der Waals surface area contributed by atoms with Gasteiger partial charge in [0.1, 0.15) is 66.1 Å². The Bertz CT molecular complexity index is 2630. The van der Waals surface area contributed by atoms with Gasteiger partial charge >= 0.3 is 71.3 Å². The monoisotopic (exact) mass is 1420 g/mol. The number of ether oxygens (including phenoxy) is 10. The minimum absolute atomic E-state index is 0.107. The Hall–Kier alpha value is -3.82. The third-order valence-corrected chi connectivity index (χ3v) is 21.5. The topological polar surface area (TPSA) is 161 Å². The quantitative estimate of drug-likeness (QED) is 0.0658. The number of hydrogen-bond acceptors (Lipinski definition) is 16. The summed E-state index contributed by atoms with van der Waals surface area (Å²) < 4.78 is 268. The summed E-state index contributed by atoms with van der Waals surface area (Å²) in [7, 11) is 0. The van der Waals surface area contributed by atoms with Crippen LogP contribution in [0.2, 0.25) is 0 Å². The SMILES string of the molecule is C=C(C)C(=O)OCC1(C)SCC(F)(F)C(F)(F)CS1.C=C(C)C(=O)OCC1(C23CC4CC(CC(C4)C2)C3)OCC(F)(F)C(F)(F)CO1.C=C(C)C(=O)OCC1(C2CCCC2)OCC(F)(F)C(F)(F)CO1.C=C(C)C(=O)OCC1(C2CCCCC2)OCC(F)(F)C(F)(F)CO1. The minimum Gasteiger partial charge on any atom is -0.460 e. The molecule has 14 nitrogen and oxygen atoms in total. The molecular formula is C62H82F16O14S2. The summed E-state index contributed by atoms with van der Waals surface area (Å²) in [6.45, 7) is 10.3. The van der Waals surface area contributed by atoms with Crippen molar-refractivity contribution in [1.29, 1.82) is 0 Å². The Labute approximate surface area is 543 Å². The van der Waals surface area contributed by atoms with Crippen LogP contribution in [0.5, 0.6) is 0 Å². The van der Waals surface area contributed by atoms with Gasteiger partial charge < -0.3 is 47.4 Å². The first kappa shape index (κ1) is 79.2. The lowest BCUT2D eigenvalue weighted by Gasteiger charge is -2.62. The zero-order valence-corrected chi connectivity index (χ0v) is 54.5. The number of carbonyl (C=O) groups excluding carboxylic acids is 4. The Morgan fingerprint density at radius 1 is 0.383 bits per heavy atom. The molecule has 0 amide bonds. The average molecular weight is 1420 g/mol. The third kappa shape index (κ3) is 18.3. The smallest absolute Gasteiger partial charge is 0.335 e. The molecule has 32 heteroatoms. The molecule has 6 aliphatic carbocycles. The van der Waals surface area contributed by atoms with Crippen molar-refractivity contribution in [1.82, 2.24) is 0 Å². The van der Waals surface area contributed by atoms with Gasteiger partial charge in [-0.1, -0.05) is 58.4 Å². The first-order valence-corrected chi connectivity index (χ1v) is 32.6. The van der Waals surface area contributed by atoms with E-state index in [0.717, 1.165) is 51.4 Å². The van der Waals surface area contributed by atoms with Gasteiger partial charge in [0.25, 0.3) is 0 Å². The molecule has 0 aromatic rings. The lowest BCUT2D eigenvalue weighted by Crippen LogP contribution is -2.63. The predicted molar refractivity (Wildman–Crippen MR) is 309 cm³/mol. The highest BCUT2D eigenvalue weighted by Gasteiger charge is 2.69. The van der Waals surface area contributed by atoms with Crippen LogP contribution in [0.15, 0.2) is 48.6 Å². The molecule has 0 aromatic carbocycles. The van der Waals surface area contributed by atoms with Crippen LogP contribution in [-0.2, 0) is 66.5 Å². The fourth-order valence-electron chi connectivity index (χ4n) is 12.9. The second-order valence-electron chi connectivity index (χ2n) is 26.4. The molecule has 4 bridgehead atoms. The van der Waals surface area contributed by atoms with Gasteiger partial charge in [0.05, 0.1) is 15.6 Å². The van der Waals surface area contributed by atoms with Gasteiger partial charge in [-0.2, -0.15) is 70.2 Å². The second-order valence-corrected chi connectivity index (χ2v) is 29.6. The summed E-state index contributed by atoms with van der Waals surface area (Å²) in [6.07, 6.45) is 11.6. The zero-order valence-electron chi connectivity index (χ0n) is 52.9. The van der Waals surface area contributed by atoms with Crippen molar-refractivity contribution in [2.24, 2.45) is 35.0 Å². The number of esters is 4. The van der Waals surface area contributed by atoms with Gasteiger partial charge in [0.15, 0.2) is 0 Å². The molecule has 0 spiro atoms. The maximum Gasteiger partial charge on any atom is 0.335 e. The highest BCUT2D eigenvalue weighted by molar-refractivity contribution is 8.18. The molecule has 538 valence electrons. The van der Waals surface area contributed by atoms with E-state index in [4.69, 9.17) is 47.4 Å². The summed E-state index contributed by atoms with van der Waals surface area (Å²) in [6, 6.07) is 0. The van der Waals surface area contributed by atoms with Crippen LogP contribution in [0.3, 0.4) is 0 Å². The summed E-state index contributed by atoms with van der Waals surface area (Å²) in [5.41, 5.74) is -0.185. The van der Waals surface area contributed by atoms with E-state index in [2.05, 4.69) is 26.3 Å². The molecule has 0 radical (unpaired) electrons. The van der Waals surface area contributed by atoms with Crippen LogP contribution in [0, 0.1) is 35.0 Å². The Morgan fingerprint density at radius 2 is 0.638 bits per heavy atom. The molecule has 0 atom stereocenters. The van der Waals surface area contributed by atoms with E-state index in [1.165, 1.54) is 34.6 Å². The van der Waals surface area contributed by atoms with E-state index in [9.17, 15) is 89.4 Å². The number of hydrogen-bond donors (Lipinski definition) is 0. The molecule has 94 heavy (non-hydrogen) atoms. The van der Waals surface area contributed by atoms with Crippen molar-refractivity contribution in [2.45, 2.75) is 200 Å². The second kappa shape index (κ2) is 29.9. The minimum atomic E-state index is -4.35. The molecule has 4 heterocycles. The predicted octanol–water partition coefficient (Wildman–Crippen LogP) is 14.9. The maximum atomic E-state index is 14.0. The van der Waals surface area contributed by atoms with E-state index in [0.29, 0.717) is 86.2 Å². The Kier molecular flexibility index (Phi) is 25.2. The number of halogens is 16. The van der Waals surface area contributed by atoms with Crippen LogP contribution >= 0.6 is 23.5 Å². The summed E-state index contributed by atoms with van der Waals surface area (Å²) in [5.74, 6) is -44.0. The highest BCUT2D eigenvalue weighted by Crippen LogP contribution is 2.66. The van der Waals surface area contributed by atoms with Gasteiger partial charge in [-0.25, -0.2) is 19.2 Å². The molecule has 0 aromatic heterocycles. The van der Waals surface area contributed by atoms with Gasteiger partial charge in [0.2, 0.25) is 17.4 Å². The van der Waals surface area contributed by atoms with Gasteiger partial charge in [0, 0.05) is 39.5 Å².